The summed E-state index contributed by atoms with van der Waals surface area (Å²) in [6.45, 7) is 3.53. The van der Waals surface area contributed by atoms with Gasteiger partial charge in [0.1, 0.15) is 5.54 Å². The van der Waals surface area contributed by atoms with Crippen LogP contribution in [0.4, 0.5) is 0 Å². The second kappa shape index (κ2) is 6.10. The highest BCUT2D eigenvalue weighted by atomic mass is 16.5. The molecule has 1 amide bonds. The van der Waals surface area contributed by atoms with Crippen LogP contribution >= 0.6 is 0 Å². The lowest BCUT2D eigenvalue weighted by Gasteiger charge is -2.21. The first kappa shape index (κ1) is 14.8. The van der Waals surface area contributed by atoms with Crippen molar-refractivity contribution in [2.45, 2.75) is 25.8 Å². The number of carbonyl (C=O) groups is 1. The minimum absolute atomic E-state index is 0.313. The van der Waals surface area contributed by atoms with E-state index in [2.05, 4.69) is 11.4 Å². The molecule has 5 nitrogen and oxygen atoms in total. The highest BCUT2D eigenvalue weighted by Crippen LogP contribution is 2.27. The molecule has 5 heteroatoms. The Morgan fingerprint density at radius 2 is 2.00 bits per heavy atom. The van der Waals surface area contributed by atoms with Gasteiger partial charge in [-0.1, -0.05) is 6.92 Å². The van der Waals surface area contributed by atoms with E-state index < -0.39 is 5.54 Å². The second-order valence-electron chi connectivity index (χ2n) is 4.32. The van der Waals surface area contributed by atoms with Crippen molar-refractivity contribution in [3.63, 3.8) is 0 Å². The molecule has 1 aromatic carbocycles. The number of hydrogen-bond acceptors (Lipinski definition) is 4. The van der Waals surface area contributed by atoms with Gasteiger partial charge in [-0.2, -0.15) is 5.26 Å². The van der Waals surface area contributed by atoms with Crippen LogP contribution in [0.1, 0.15) is 30.6 Å². The first-order valence-electron chi connectivity index (χ1n) is 5.95. The number of rotatable bonds is 5. The summed E-state index contributed by atoms with van der Waals surface area (Å²) in [4.78, 5) is 12.1. The van der Waals surface area contributed by atoms with Crippen LogP contribution in [0.2, 0.25) is 0 Å². The molecule has 0 aliphatic heterocycles. The van der Waals surface area contributed by atoms with Crippen LogP contribution in [0.3, 0.4) is 0 Å². The van der Waals surface area contributed by atoms with Crippen LogP contribution < -0.4 is 14.8 Å². The van der Waals surface area contributed by atoms with Gasteiger partial charge in [0.15, 0.2) is 11.5 Å². The van der Waals surface area contributed by atoms with E-state index in [1.807, 2.05) is 6.92 Å². The van der Waals surface area contributed by atoms with Crippen molar-refractivity contribution in [1.29, 1.82) is 5.26 Å². The molecule has 19 heavy (non-hydrogen) atoms. The number of benzene rings is 1. The predicted octanol–water partition coefficient (Wildman–Crippen LogP) is 2.13. The predicted molar refractivity (Wildman–Crippen MR) is 71.3 cm³/mol. The fourth-order valence-electron chi connectivity index (χ4n) is 1.50. The Hall–Kier alpha value is -2.22. The summed E-state index contributed by atoms with van der Waals surface area (Å²) in [5.74, 6) is 0.717. The summed E-state index contributed by atoms with van der Waals surface area (Å²) in [6, 6.07) is 6.96. The van der Waals surface area contributed by atoms with E-state index in [1.165, 1.54) is 14.2 Å². The fraction of sp³-hybridized carbons (Fsp3) is 0.429. The molecule has 0 bridgehead atoms. The van der Waals surface area contributed by atoms with Crippen molar-refractivity contribution >= 4 is 5.91 Å². The summed E-state index contributed by atoms with van der Waals surface area (Å²) in [6.07, 6.45) is 0.530. The Labute approximate surface area is 113 Å². The maximum Gasteiger partial charge on any atom is 0.252 e. The molecule has 0 aliphatic rings. The van der Waals surface area contributed by atoms with Gasteiger partial charge in [0, 0.05) is 5.56 Å². The fourth-order valence-corrected chi connectivity index (χ4v) is 1.50. The molecule has 1 atom stereocenters. The van der Waals surface area contributed by atoms with Gasteiger partial charge >= 0.3 is 0 Å². The third kappa shape index (κ3) is 3.38. The van der Waals surface area contributed by atoms with Crippen molar-refractivity contribution in [2.24, 2.45) is 0 Å². The first-order valence-corrected chi connectivity index (χ1v) is 5.95. The molecule has 0 aliphatic carbocycles. The summed E-state index contributed by atoms with van der Waals surface area (Å²) in [5.41, 5.74) is -0.447. The summed E-state index contributed by atoms with van der Waals surface area (Å²) < 4.78 is 10.2. The first-order chi connectivity index (χ1) is 8.99. The number of nitriles is 1. The molecule has 0 spiro atoms. The number of methoxy groups -OCH3 is 2. The van der Waals surface area contributed by atoms with E-state index in [0.29, 0.717) is 23.5 Å². The topological polar surface area (TPSA) is 71.4 Å². The van der Waals surface area contributed by atoms with Crippen LogP contribution in [-0.4, -0.2) is 25.7 Å². The maximum atomic E-state index is 12.1. The quantitative estimate of drug-likeness (QED) is 0.882. The molecule has 0 saturated carbocycles. The van der Waals surface area contributed by atoms with Crippen molar-refractivity contribution < 1.29 is 14.3 Å². The Morgan fingerprint density at radius 1 is 1.37 bits per heavy atom. The van der Waals surface area contributed by atoms with Crippen molar-refractivity contribution in [3.05, 3.63) is 23.8 Å². The van der Waals surface area contributed by atoms with Gasteiger partial charge in [-0.15, -0.1) is 0 Å². The minimum atomic E-state index is -0.871. The van der Waals surface area contributed by atoms with Gasteiger partial charge in [0.05, 0.1) is 20.3 Å². The second-order valence-corrected chi connectivity index (χ2v) is 4.32. The average Bonchev–Trinajstić information content (AvgIpc) is 2.46. The summed E-state index contributed by atoms with van der Waals surface area (Å²) in [5, 5.41) is 11.8. The monoisotopic (exact) mass is 262 g/mol. The number of nitrogens with one attached hydrogen (secondary N) is 1. The van der Waals surface area contributed by atoms with E-state index in [9.17, 15) is 4.79 Å². The van der Waals surface area contributed by atoms with Crippen LogP contribution in [0.25, 0.3) is 0 Å². The molecule has 1 aromatic rings. The van der Waals surface area contributed by atoms with Gasteiger partial charge in [0.25, 0.3) is 5.91 Å². The van der Waals surface area contributed by atoms with E-state index in [-0.39, 0.29) is 5.91 Å². The number of nitrogens with zero attached hydrogens (tertiary/aromatic N) is 1. The zero-order valence-electron chi connectivity index (χ0n) is 11.6. The smallest absolute Gasteiger partial charge is 0.252 e. The van der Waals surface area contributed by atoms with E-state index >= 15 is 0 Å². The molecule has 1 N–H and O–H groups in total. The van der Waals surface area contributed by atoms with Gasteiger partial charge in [-0.05, 0) is 31.5 Å². The molecule has 0 saturated heterocycles. The van der Waals surface area contributed by atoms with Crippen LogP contribution in [0.5, 0.6) is 11.5 Å². The normalized spacial score (nSPS) is 13.0. The van der Waals surface area contributed by atoms with Crippen LogP contribution in [0, 0.1) is 11.3 Å². The zero-order valence-corrected chi connectivity index (χ0v) is 11.6. The van der Waals surface area contributed by atoms with E-state index in [1.54, 1.807) is 25.1 Å². The lowest BCUT2D eigenvalue weighted by molar-refractivity contribution is 0.0922. The Morgan fingerprint density at radius 3 is 2.47 bits per heavy atom. The van der Waals surface area contributed by atoms with Crippen LogP contribution in [-0.2, 0) is 0 Å². The van der Waals surface area contributed by atoms with Crippen LogP contribution in [0.15, 0.2) is 18.2 Å². The molecular weight excluding hydrogens is 244 g/mol. The Kier molecular flexibility index (Phi) is 4.76. The Balaban J connectivity index is 2.98. The average molecular weight is 262 g/mol. The largest absolute Gasteiger partial charge is 0.493 e. The van der Waals surface area contributed by atoms with Gasteiger partial charge in [-0.25, -0.2) is 0 Å². The lowest BCUT2D eigenvalue weighted by atomic mass is 10.0. The molecular formula is C14H18N2O3. The molecule has 0 fully saturated rings. The highest BCUT2D eigenvalue weighted by molar-refractivity contribution is 5.95. The lowest BCUT2D eigenvalue weighted by Crippen LogP contribution is -2.44. The third-order valence-corrected chi connectivity index (χ3v) is 2.99. The molecule has 0 aromatic heterocycles. The number of hydrogen-bond donors (Lipinski definition) is 1. The summed E-state index contributed by atoms with van der Waals surface area (Å²) >= 11 is 0. The highest BCUT2D eigenvalue weighted by Gasteiger charge is 2.24. The van der Waals surface area contributed by atoms with E-state index in [0.717, 1.165) is 0 Å². The third-order valence-electron chi connectivity index (χ3n) is 2.99. The van der Waals surface area contributed by atoms with Crippen molar-refractivity contribution in [3.8, 4) is 17.6 Å². The van der Waals surface area contributed by atoms with Gasteiger partial charge in [0.2, 0.25) is 0 Å². The molecule has 0 radical (unpaired) electrons. The molecule has 1 rings (SSSR count). The number of carbonyl (C=O) groups excluding carboxylic acids is 1. The summed E-state index contributed by atoms with van der Waals surface area (Å²) in [7, 11) is 3.03. The van der Waals surface area contributed by atoms with E-state index in [4.69, 9.17) is 14.7 Å². The van der Waals surface area contributed by atoms with Gasteiger partial charge < -0.3 is 14.8 Å². The molecule has 102 valence electrons. The molecule has 0 heterocycles. The van der Waals surface area contributed by atoms with Gasteiger partial charge in [-0.3, -0.25) is 4.79 Å². The standard InChI is InChI=1S/C14H18N2O3/c1-5-14(2,9-15)16-13(17)10-6-7-11(18-3)12(8-10)19-4/h6-8H,5H2,1-4H3,(H,16,17). The minimum Gasteiger partial charge on any atom is -0.493 e. The number of amides is 1. The molecule has 1 unspecified atom stereocenters. The zero-order chi connectivity index (χ0) is 14.5. The van der Waals surface area contributed by atoms with Crippen molar-refractivity contribution in [2.75, 3.05) is 14.2 Å². The SMILES string of the molecule is CCC(C)(C#N)NC(=O)c1ccc(OC)c(OC)c1. The Bertz CT molecular complexity index is 508. The van der Waals surface area contributed by atoms with Crippen molar-refractivity contribution in [1.82, 2.24) is 5.32 Å². The maximum absolute atomic E-state index is 12.1. The number of ether oxygens (including phenoxy) is 2.